The number of unbranched alkanes of at least 4 members (excludes halogenated alkanes) is 1. The Kier molecular flexibility index (Phi) is 4.30. The minimum absolute atomic E-state index is 0.00737. The number of thiophene rings is 1. The Morgan fingerprint density at radius 1 is 1.53 bits per heavy atom. The van der Waals surface area contributed by atoms with Gasteiger partial charge in [0.25, 0.3) is 0 Å². The molecule has 1 rings (SSSR count). The molecule has 1 aromatic rings. The predicted octanol–water partition coefficient (Wildman–Crippen LogP) is 2.33. The van der Waals surface area contributed by atoms with E-state index in [0.717, 1.165) is 17.8 Å². The molecule has 5 heteroatoms. The first-order valence-electron chi connectivity index (χ1n) is 4.66. The average molecular weight is 228 g/mol. The van der Waals surface area contributed by atoms with E-state index < -0.39 is 11.9 Å². The highest BCUT2D eigenvalue weighted by molar-refractivity contribution is 7.12. The Morgan fingerprint density at radius 3 is 2.80 bits per heavy atom. The van der Waals surface area contributed by atoms with Crippen molar-refractivity contribution in [3.63, 3.8) is 0 Å². The van der Waals surface area contributed by atoms with Crippen molar-refractivity contribution in [3.8, 4) is 5.75 Å². The summed E-state index contributed by atoms with van der Waals surface area (Å²) >= 11 is 1.05. The second kappa shape index (κ2) is 5.50. The van der Waals surface area contributed by atoms with E-state index >= 15 is 0 Å². The molecule has 0 unspecified atom stereocenters. The van der Waals surface area contributed by atoms with Gasteiger partial charge >= 0.3 is 11.9 Å². The lowest BCUT2D eigenvalue weighted by Gasteiger charge is -1.99. The van der Waals surface area contributed by atoms with Gasteiger partial charge < -0.3 is 9.84 Å². The van der Waals surface area contributed by atoms with Gasteiger partial charge in [-0.25, -0.2) is 4.79 Å². The van der Waals surface area contributed by atoms with Gasteiger partial charge in [0, 0.05) is 17.9 Å². The maximum atomic E-state index is 11.3. The molecular weight excluding hydrogens is 216 g/mol. The third-order valence-electron chi connectivity index (χ3n) is 1.73. The first-order chi connectivity index (χ1) is 7.13. The van der Waals surface area contributed by atoms with Crippen LogP contribution in [0.2, 0.25) is 0 Å². The first kappa shape index (κ1) is 11.7. The van der Waals surface area contributed by atoms with Crippen LogP contribution < -0.4 is 0 Å². The lowest BCUT2D eigenvalue weighted by Crippen LogP contribution is -2.10. The fourth-order valence-electron chi connectivity index (χ4n) is 0.959. The first-order valence-corrected chi connectivity index (χ1v) is 5.54. The summed E-state index contributed by atoms with van der Waals surface area (Å²) in [6.07, 6.45) is 1.84. The molecule has 1 heterocycles. The lowest BCUT2D eigenvalue weighted by atomic mass is 10.2. The molecule has 0 saturated heterocycles. The number of carbonyl (C=O) groups excluding carboxylic acids is 2. The molecule has 1 N–H and O–H groups in total. The molecule has 4 nitrogen and oxygen atoms in total. The van der Waals surface area contributed by atoms with E-state index in [4.69, 9.17) is 5.11 Å². The van der Waals surface area contributed by atoms with E-state index in [0.29, 0.717) is 6.42 Å². The van der Waals surface area contributed by atoms with Gasteiger partial charge in [-0.15, -0.1) is 11.3 Å². The van der Waals surface area contributed by atoms with E-state index in [2.05, 4.69) is 4.74 Å². The van der Waals surface area contributed by atoms with E-state index in [1.165, 1.54) is 11.4 Å². The lowest BCUT2D eigenvalue weighted by molar-refractivity contribution is -0.138. The number of hydrogen-bond donors (Lipinski definition) is 1. The summed E-state index contributed by atoms with van der Waals surface area (Å²) in [5.74, 6) is -1.20. The average Bonchev–Trinajstić information content (AvgIpc) is 2.61. The number of carbonyl (C=O) groups is 2. The second-order valence-electron chi connectivity index (χ2n) is 3.03. The van der Waals surface area contributed by atoms with E-state index in [9.17, 15) is 9.59 Å². The highest BCUT2D eigenvalue weighted by atomic mass is 32.1. The van der Waals surface area contributed by atoms with Crippen LogP contribution in [0.4, 0.5) is 0 Å². The fourth-order valence-corrected chi connectivity index (χ4v) is 1.60. The van der Waals surface area contributed by atoms with Crippen molar-refractivity contribution in [1.29, 1.82) is 0 Å². The van der Waals surface area contributed by atoms with Crippen LogP contribution in [0.3, 0.4) is 0 Å². The molecule has 0 fully saturated rings. The largest absolute Gasteiger partial charge is 0.507 e. The van der Waals surface area contributed by atoms with Crippen LogP contribution in [-0.2, 0) is 9.53 Å². The zero-order valence-electron chi connectivity index (χ0n) is 8.36. The molecule has 0 amide bonds. The smallest absolute Gasteiger partial charge is 0.356 e. The normalized spacial score (nSPS) is 9.93. The van der Waals surface area contributed by atoms with Gasteiger partial charge in [-0.1, -0.05) is 13.3 Å². The summed E-state index contributed by atoms with van der Waals surface area (Å²) in [4.78, 5) is 22.6. The third-order valence-corrected chi connectivity index (χ3v) is 2.63. The molecule has 0 saturated carbocycles. The topological polar surface area (TPSA) is 63.6 Å². The van der Waals surface area contributed by atoms with Crippen molar-refractivity contribution < 1.29 is 19.4 Å². The van der Waals surface area contributed by atoms with Gasteiger partial charge in [-0.3, -0.25) is 4.79 Å². The van der Waals surface area contributed by atoms with Crippen LogP contribution in [-0.4, -0.2) is 17.0 Å². The van der Waals surface area contributed by atoms with E-state index in [1.807, 2.05) is 6.92 Å². The van der Waals surface area contributed by atoms with Crippen molar-refractivity contribution in [3.05, 3.63) is 16.3 Å². The molecule has 0 aliphatic rings. The highest BCUT2D eigenvalue weighted by Crippen LogP contribution is 2.20. The third kappa shape index (κ3) is 3.71. The molecular formula is C10H12O4S. The number of rotatable bonds is 4. The monoisotopic (exact) mass is 228 g/mol. The maximum Gasteiger partial charge on any atom is 0.356 e. The van der Waals surface area contributed by atoms with Crippen molar-refractivity contribution >= 4 is 23.3 Å². The standard InChI is InChI=1S/C10H12O4S/c1-2-3-4-9(12)14-10(13)8-5-7(11)6-15-8/h5-6,11H,2-4H2,1H3. The second-order valence-corrected chi connectivity index (χ2v) is 3.95. The van der Waals surface area contributed by atoms with Gasteiger partial charge in [-0.2, -0.15) is 0 Å². The molecule has 0 spiro atoms. The SMILES string of the molecule is CCCCC(=O)OC(=O)c1cc(O)cs1. The van der Waals surface area contributed by atoms with Crippen LogP contribution in [0, 0.1) is 0 Å². The number of esters is 2. The molecule has 0 aliphatic heterocycles. The zero-order valence-corrected chi connectivity index (χ0v) is 9.17. The van der Waals surface area contributed by atoms with Crippen LogP contribution >= 0.6 is 11.3 Å². The molecule has 15 heavy (non-hydrogen) atoms. The fraction of sp³-hybridized carbons (Fsp3) is 0.400. The zero-order chi connectivity index (χ0) is 11.3. The molecule has 82 valence electrons. The molecule has 0 aliphatic carbocycles. The summed E-state index contributed by atoms with van der Waals surface area (Å²) in [7, 11) is 0. The summed E-state index contributed by atoms with van der Waals surface area (Å²) < 4.78 is 4.57. The van der Waals surface area contributed by atoms with Gasteiger partial charge in [0.15, 0.2) is 0 Å². The van der Waals surface area contributed by atoms with Crippen molar-refractivity contribution in [2.45, 2.75) is 26.2 Å². The summed E-state index contributed by atoms with van der Waals surface area (Å²) in [6, 6.07) is 1.28. The molecule has 0 atom stereocenters. The highest BCUT2D eigenvalue weighted by Gasteiger charge is 2.14. The Bertz CT molecular complexity index is 356. The van der Waals surface area contributed by atoms with Crippen LogP contribution in [0.25, 0.3) is 0 Å². The van der Waals surface area contributed by atoms with Crippen LogP contribution in [0.15, 0.2) is 11.4 Å². The van der Waals surface area contributed by atoms with E-state index in [1.54, 1.807) is 0 Å². The summed E-state index contributed by atoms with van der Waals surface area (Å²) in [6.45, 7) is 1.95. The van der Waals surface area contributed by atoms with Crippen molar-refractivity contribution in [2.75, 3.05) is 0 Å². The van der Waals surface area contributed by atoms with Gasteiger partial charge in [0.05, 0.1) is 0 Å². The van der Waals surface area contributed by atoms with Crippen molar-refractivity contribution in [1.82, 2.24) is 0 Å². The number of aromatic hydroxyl groups is 1. The molecule has 1 aromatic heterocycles. The summed E-state index contributed by atoms with van der Waals surface area (Å²) in [5.41, 5.74) is 0. The Morgan fingerprint density at radius 2 is 2.27 bits per heavy atom. The minimum Gasteiger partial charge on any atom is -0.507 e. The Labute approximate surface area is 91.5 Å². The molecule has 0 bridgehead atoms. The van der Waals surface area contributed by atoms with Gasteiger partial charge in [-0.05, 0) is 6.42 Å². The Hall–Kier alpha value is -1.36. The number of ether oxygens (including phenoxy) is 1. The predicted molar refractivity (Wildman–Crippen MR) is 55.9 cm³/mol. The molecule has 0 aromatic carbocycles. The molecule has 0 radical (unpaired) electrons. The minimum atomic E-state index is -0.693. The van der Waals surface area contributed by atoms with Crippen LogP contribution in [0.1, 0.15) is 35.9 Å². The summed E-state index contributed by atoms with van der Waals surface area (Å²) in [5, 5.41) is 10.4. The van der Waals surface area contributed by atoms with Crippen LogP contribution in [0.5, 0.6) is 5.75 Å². The number of hydrogen-bond acceptors (Lipinski definition) is 5. The van der Waals surface area contributed by atoms with Crippen molar-refractivity contribution in [2.24, 2.45) is 0 Å². The quantitative estimate of drug-likeness (QED) is 0.634. The maximum absolute atomic E-state index is 11.3. The Balaban J connectivity index is 2.45. The van der Waals surface area contributed by atoms with Gasteiger partial charge in [0.2, 0.25) is 0 Å². The van der Waals surface area contributed by atoms with E-state index in [-0.39, 0.29) is 17.0 Å². The van der Waals surface area contributed by atoms with Gasteiger partial charge in [0.1, 0.15) is 10.6 Å².